The largest absolute Gasteiger partial charge is 0.384 e. The first-order valence-electron chi connectivity index (χ1n) is 19.1. The van der Waals surface area contributed by atoms with E-state index in [-0.39, 0.29) is 23.2 Å². The molecule has 5 heterocycles. The van der Waals surface area contributed by atoms with Crippen molar-refractivity contribution >= 4 is 51.7 Å². The quantitative estimate of drug-likeness (QED) is 0.0954. The normalized spacial score (nSPS) is 14.6. The lowest BCUT2D eigenvalue weighted by Crippen LogP contribution is -2.46. The SMILES string of the molecule is CNC(=O)c1cnc(Nc2ccc(N3CCN(Cc4ccc(-c5[nH]c6cc(F)cc7c6c5CCNC7=O)cc4C)CC3)cc2)nc1Nc1cccc(C(C)(C)O)n1. The molecule has 0 radical (unpaired) electrons. The molecule has 14 heteroatoms. The zero-order valence-electron chi connectivity index (χ0n) is 32.3. The van der Waals surface area contributed by atoms with Crippen LogP contribution in [0.1, 0.15) is 56.9 Å². The first kappa shape index (κ1) is 37.5. The molecule has 3 aromatic heterocycles. The second-order valence-corrected chi connectivity index (χ2v) is 15.1. The van der Waals surface area contributed by atoms with Crippen molar-refractivity contribution < 1.29 is 19.1 Å². The number of amides is 2. The summed E-state index contributed by atoms with van der Waals surface area (Å²) in [6.45, 7) is 10.4. The van der Waals surface area contributed by atoms with Gasteiger partial charge >= 0.3 is 0 Å². The topological polar surface area (TPSA) is 163 Å². The fourth-order valence-electron chi connectivity index (χ4n) is 7.56. The Morgan fingerprint density at radius 1 is 0.982 bits per heavy atom. The number of aliphatic hydroxyl groups is 1. The molecule has 0 aliphatic carbocycles. The molecule has 2 aliphatic rings. The third-order valence-corrected chi connectivity index (χ3v) is 10.6. The number of H-pyrrole nitrogens is 1. The highest BCUT2D eigenvalue weighted by atomic mass is 19.1. The van der Waals surface area contributed by atoms with E-state index >= 15 is 0 Å². The molecule has 3 aromatic carbocycles. The summed E-state index contributed by atoms with van der Waals surface area (Å²) < 4.78 is 14.4. The van der Waals surface area contributed by atoms with Gasteiger partial charge in [0.05, 0.1) is 11.3 Å². The van der Waals surface area contributed by atoms with Crippen molar-refractivity contribution in [2.24, 2.45) is 0 Å². The molecular formula is C43H45FN10O3. The van der Waals surface area contributed by atoms with Gasteiger partial charge in [-0.15, -0.1) is 0 Å². The molecule has 6 N–H and O–H groups in total. The van der Waals surface area contributed by atoms with Gasteiger partial charge in [0.1, 0.15) is 28.6 Å². The van der Waals surface area contributed by atoms with E-state index in [0.29, 0.717) is 41.5 Å². The Labute approximate surface area is 329 Å². The highest BCUT2D eigenvalue weighted by Crippen LogP contribution is 2.36. The van der Waals surface area contributed by atoms with Gasteiger partial charge in [0.2, 0.25) is 5.95 Å². The number of carbonyl (C=O) groups excluding carboxylic acids is 2. The van der Waals surface area contributed by atoms with Crippen LogP contribution in [-0.2, 0) is 18.6 Å². The van der Waals surface area contributed by atoms with Crippen LogP contribution in [0.4, 0.5) is 33.3 Å². The van der Waals surface area contributed by atoms with E-state index < -0.39 is 11.4 Å². The maximum absolute atomic E-state index is 14.4. The van der Waals surface area contributed by atoms with Gasteiger partial charge in [0.25, 0.3) is 11.8 Å². The number of piperazine rings is 1. The maximum atomic E-state index is 14.4. The molecule has 57 heavy (non-hydrogen) atoms. The Morgan fingerprint density at radius 3 is 2.51 bits per heavy atom. The number of aromatic nitrogens is 4. The first-order valence-corrected chi connectivity index (χ1v) is 19.1. The van der Waals surface area contributed by atoms with E-state index in [0.717, 1.165) is 66.3 Å². The van der Waals surface area contributed by atoms with Crippen LogP contribution in [-0.4, -0.2) is 81.5 Å². The lowest BCUT2D eigenvalue weighted by molar-refractivity contribution is 0.0739. The second kappa shape index (κ2) is 15.3. The van der Waals surface area contributed by atoms with Gasteiger partial charge in [-0.1, -0.05) is 18.2 Å². The predicted molar refractivity (Wildman–Crippen MR) is 220 cm³/mol. The third-order valence-electron chi connectivity index (χ3n) is 10.6. The average Bonchev–Trinajstić information content (AvgIpc) is 3.47. The molecule has 0 spiro atoms. The van der Waals surface area contributed by atoms with E-state index in [2.05, 4.69) is 88.3 Å². The molecule has 1 saturated heterocycles. The van der Waals surface area contributed by atoms with Crippen LogP contribution in [0.3, 0.4) is 0 Å². The van der Waals surface area contributed by atoms with Gasteiger partial charge in [-0.3, -0.25) is 14.5 Å². The number of benzene rings is 3. The molecule has 2 amide bonds. The van der Waals surface area contributed by atoms with E-state index in [9.17, 15) is 19.1 Å². The van der Waals surface area contributed by atoms with Crippen LogP contribution in [0, 0.1) is 12.7 Å². The smallest absolute Gasteiger partial charge is 0.256 e. The highest BCUT2D eigenvalue weighted by molar-refractivity contribution is 6.10. The molecular weight excluding hydrogens is 724 g/mol. The summed E-state index contributed by atoms with van der Waals surface area (Å²) in [6, 6.07) is 22.7. The number of halogens is 1. The van der Waals surface area contributed by atoms with Crippen molar-refractivity contribution in [3.8, 4) is 11.3 Å². The van der Waals surface area contributed by atoms with Crippen LogP contribution >= 0.6 is 0 Å². The number of aromatic amines is 1. The Bertz CT molecular complexity index is 2490. The van der Waals surface area contributed by atoms with Gasteiger partial charge in [0.15, 0.2) is 0 Å². The van der Waals surface area contributed by atoms with Crippen molar-refractivity contribution in [2.45, 2.75) is 39.3 Å². The summed E-state index contributed by atoms with van der Waals surface area (Å²) in [7, 11) is 1.54. The number of carbonyl (C=O) groups is 2. The minimum Gasteiger partial charge on any atom is -0.384 e. The molecule has 13 nitrogen and oxygen atoms in total. The van der Waals surface area contributed by atoms with Crippen molar-refractivity contribution in [3.63, 3.8) is 0 Å². The van der Waals surface area contributed by atoms with E-state index in [4.69, 9.17) is 0 Å². The summed E-state index contributed by atoms with van der Waals surface area (Å²) in [5, 5.41) is 23.1. The molecule has 0 saturated carbocycles. The van der Waals surface area contributed by atoms with E-state index in [1.807, 2.05) is 12.1 Å². The van der Waals surface area contributed by atoms with Gasteiger partial charge in [0, 0.05) is 80.5 Å². The van der Waals surface area contributed by atoms with Crippen LogP contribution < -0.4 is 26.2 Å². The Morgan fingerprint density at radius 2 is 1.77 bits per heavy atom. The molecule has 0 atom stereocenters. The number of anilines is 5. The standard InChI is InChI=1S/C43H45FN10O3/c1-25-20-26(38-31-14-15-46-41(56)32-21-28(44)22-34(49-38)37(31)32)8-9-27(25)24-53-16-18-54(19-17-53)30-12-10-29(11-13-30)48-42-47-23-33(40(55)45-4)39(52-42)51-36-7-5-6-35(50-36)43(2,3)57/h5-13,20-23,49,57H,14-19,24H2,1-4H3,(H,45,55)(H,46,56)(H2,47,48,50,51,52). The minimum atomic E-state index is -1.14. The number of rotatable bonds is 10. The van der Waals surface area contributed by atoms with Crippen LogP contribution in [0.25, 0.3) is 22.2 Å². The van der Waals surface area contributed by atoms with Crippen LogP contribution in [0.15, 0.2) is 79.0 Å². The molecule has 2 aliphatic heterocycles. The summed E-state index contributed by atoms with van der Waals surface area (Å²) in [5.41, 5.74) is 7.99. The maximum Gasteiger partial charge on any atom is 0.256 e. The lowest BCUT2D eigenvalue weighted by atomic mass is 9.97. The third kappa shape index (κ3) is 7.86. The lowest BCUT2D eigenvalue weighted by Gasteiger charge is -2.36. The fraction of sp³-hybridized carbons (Fsp3) is 0.279. The average molecular weight is 769 g/mol. The molecule has 8 rings (SSSR count). The monoisotopic (exact) mass is 768 g/mol. The van der Waals surface area contributed by atoms with Crippen molar-refractivity contribution in [3.05, 3.63) is 118 Å². The number of nitrogens with one attached hydrogen (secondary N) is 5. The van der Waals surface area contributed by atoms with Gasteiger partial charge in [-0.05, 0) is 104 Å². The molecule has 0 bridgehead atoms. The zero-order chi connectivity index (χ0) is 39.8. The molecule has 6 aromatic rings. The number of hydrogen-bond acceptors (Lipinski definition) is 10. The van der Waals surface area contributed by atoms with Crippen LogP contribution in [0.5, 0.6) is 0 Å². The Hall–Kier alpha value is -6.38. The van der Waals surface area contributed by atoms with Crippen LogP contribution in [0.2, 0.25) is 0 Å². The molecule has 0 unspecified atom stereocenters. The minimum absolute atomic E-state index is 0.240. The van der Waals surface area contributed by atoms with Gasteiger partial charge in [-0.2, -0.15) is 4.98 Å². The van der Waals surface area contributed by atoms with Gasteiger partial charge in [-0.25, -0.2) is 14.4 Å². The Balaban J connectivity index is 0.900. The number of hydrogen-bond donors (Lipinski definition) is 6. The summed E-state index contributed by atoms with van der Waals surface area (Å²) in [4.78, 5) is 47.0. The van der Waals surface area contributed by atoms with Gasteiger partial charge < -0.3 is 36.3 Å². The number of nitrogens with zero attached hydrogens (tertiary/aromatic N) is 5. The summed E-state index contributed by atoms with van der Waals surface area (Å²) >= 11 is 0. The number of pyridine rings is 1. The van der Waals surface area contributed by atoms with Crippen molar-refractivity contribution in [2.75, 3.05) is 55.3 Å². The van der Waals surface area contributed by atoms with E-state index in [1.54, 1.807) is 39.1 Å². The summed E-state index contributed by atoms with van der Waals surface area (Å²) in [5.74, 6) is -0.0119. The zero-order valence-corrected chi connectivity index (χ0v) is 32.3. The summed E-state index contributed by atoms with van der Waals surface area (Å²) in [6.07, 6.45) is 2.13. The molecule has 292 valence electrons. The fourth-order valence-corrected chi connectivity index (χ4v) is 7.56. The van der Waals surface area contributed by atoms with E-state index in [1.165, 1.54) is 29.5 Å². The first-order chi connectivity index (χ1) is 27.4. The number of aryl methyl sites for hydroxylation is 1. The van der Waals surface area contributed by atoms with Crippen molar-refractivity contribution in [1.29, 1.82) is 0 Å². The second-order valence-electron chi connectivity index (χ2n) is 15.1. The molecule has 1 fully saturated rings. The predicted octanol–water partition coefficient (Wildman–Crippen LogP) is 6.15. The Kier molecular flexibility index (Phi) is 10.1. The van der Waals surface area contributed by atoms with Crippen molar-refractivity contribution in [1.82, 2.24) is 35.5 Å². The highest BCUT2D eigenvalue weighted by Gasteiger charge is 2.25.